The number of aliphatic carboxylic acids is 2. The fourth-order valence-corrected chi connectivity index (χ4v) is 1.93. The Morgan fingerprint density at radius 2 is 1.89 bits per heavy atom. The molecular formula is C11H18F3NO4. The van der Waals surface area contributed by atoms with Crippen LogP contribution >= 0.6 is 0 Å². The molecule has 0 bridgehead atoms. The van der Waals surface area contributed by atoms with Gasteiger partial charge in [0, 0.05) is 0 Å². The zero-order chi connectivity index (χ0) is 15.1. The molecule has 0 aromatic rings. The van der Waals surface area contributed by atoms with Crippen molar-refractivity contribution in [3.8, 4) is 0 Å². The van der Waals surface area contributed by atoms with Crippen molar-refractivity contribution in [3.05, 3.63) is 0 Å². The lowest BCUT2D eigenvalue weighted by molar-refractivity contribution is -0.192. The van der Waals surface area contributed by atoms with E-state index < -0.39 is 18.1 Å². The van der Waals surface area contributed by atoms with E-state index in [1.165, 1.54) is 0 Å². The van der Waals surface area contributed by atoms with Crippen LogP contribution < -0.4 is 5.32 Å². The van der Waals surface area contributed by atoms with Crippen molar-refractivity contribution in [1.82, 2.24) is 5.32 Å². The average molecular weight is 285 g/mol. The van der Waals surface area contributed by atoms with Crippen LogP contribution in [0.2, 0.25) is 0 Å². The number of hydrogen-bond donors (Lipinski definition) is 3. The molecule has 1 aliphatic heterocycles. The predicted octanol–water partition coefficient (Wildman–Crippen LogP) is 1.73. The van der Waals surface area contributed by atoms with Gasteiger partial charge in [-0.1, -0.05) is 6.92 Å². The van der Waals surface area contributed by atoms with Gasteiger partial charge in [0.25, 0.3) is 0 Å². The summed E-state index contributed by atoms with van der Waals surface area (Å²) < 4.78 is 31.7. The highest BCUT2D eigenvalue weighted by atomic mass is 19.4. The van der Waals surface area contributed by atoms with Crippen molar-refractivity contribution in [2.24, 2.45) is 11.8 Å². The fourth-order valence-electron chi connectivity index (χ4n) is 1.93. The second-order valence-corrected chi connectivity index (χ2v) is 4.26. The van der Waals surface area contributed by atoms with Crippen LogP contribution in [0.15, 0.2) is 0 Å². The molecule has 0 spiro atoms. The second kappa shape index (κ2) is 7.98. The van der Waals surface area contributed by atoms with Crippen molar-refractivity contribution in [2.45, 2.75) is 32.4 Å². The molecule has 2 atom stereocenters. The number of alkyl halides is 3. The summed E-state index contributed by atoms with van der Waals surface area (Å²) in [6, 6.07) is 0. The summed E-state index contributed by atoms with van der Waals surface area (Å²) in [6.07, 6.45) is -2.14. The van der Waals surface area contributed by atoms with Crippen LogP contribution in [0, 0.1) is 11.8 Å². The van der Waals surface area contributed by atoms with Crippen molar-refractivity contribution in [1.29, 1.82) is 0 Å². The highest BCUT2D eigenvalue weighted by molar-refractivity contribution is 5.73. The number of carboxylic acids is 2. The van der Waals surface area contributed by atoms with Crippen molar-refractivity contribution >= 4 is 11.9 Å². The lowest BCUT2D eigenvalue weighted by atomic mass is 9.85. The summed E-state index contributed by atoms with van der Waals surface area (Å²) in [7, 11) is 0. The van der Waals surface area contributed by atoms with Crippen molar-refractivity contribution < 1.29 is 33.0 Å². The van der Waals surface area contributed by atoms with Gasteiger partial charge in [-0.25, -0.2) is 4.79 Å². The van der Waals surface area contributed by atoms with Gasteiger partial charge in [-0.15, -0.1) is 0 Å². The third kappa shape index (κ3) is 7.00. The van der Waals surface area contributed by atoms with Gasteiger partial charge >= 0.3 is 18.1 Å². The summed E-state index contributed by atoms with van der Waals surface area (Å²) in [6.45, 7) is 3.88. The van der Waals surface area contributed by atoms with E-state index in [0.717, 1.165) is 32.4 Å². The normalized spacial score (nSPS) is 20.9. The molecule has 19 heavy (non-hydrogen) atoms. The number of piperidine rings is 1. The molecule has 3 N–H and O–H groups in total. The van der Waals surface area contributed by atoms with E-state index in [2.05, 4.69) is 5.32 Å². The van der Waals surface area contributed by atoms with E-state index >= 15 is 0 Å². The molecule has 1 fully saturated rings. The van der Waals surface area contributed by atoms with Gasteiger partial charge in [0.05, 0.1) is 5.92 Å². The number of carboxylic acid groups (broad SMARTS) is 2. The smallest absolute Gasteiger partial charge is 0.481 e. The number of hydrogen-bond acceptors (Lipinski definition) is 3. The maximum atomic E-state index is 10.8. The Morgan fingerprint density at radius 1 is 1.37 bits per heavy atom. The molecule has 1 unspecified atom stereocenters. The Morgan fingerprint density at radius 3 is 2.16 bits per heavy atom. The standard InChI is InChI=1S/C9H17NO2.C2HF3O2/c1-2-8(9(11)12)7-4-3-5-10-6-7;3-2(4,5)1(6)7/h7-8,10H,2-6H2,1H3,(H,11,12);(H,6,7)/t7?,8-;/m1./s1. The second-order valence-electron chi connectivity index (χ2n) is 4.26. The molecule has 0 amide bonds. The SMILES string of the molecule is CC[C@@H](C(=O)O)C1CCCNC1.O=C(O)C(F)(F)F. The van der Waals surface area contributed by atoms with E-state index in [0.29, 0.717) is 5.92 Å². The molecule has 1 rings (SSSR count). The Bertz CT molecular complexity index is 301. The first-order valence-electron chi connectivity index (χ1n) is 5.93. The van der Waals surface area contributed by atoms with Crippen LogP contribution in [0.5, 0.6) is 0 Å². The summed E-state index contributed by atoms with van der Waals surface area (Å²) in [5.74, 6) is -3.18. The molecule has 0 saturated carbocycles. The van der Waals surface area contributed by atoms with Crippen molar-refractivity contribution in [3.63, 3.8) is 0 Å². The van der Waals surface area contributed by atoms with Crippen LogP contribution in [0.3, 0.4) is 0 Å². The van der Waals surface area contributed by atoms with E-state index in [9.17, 15) is 18.0 Å². The number of carbonyl (C=O) groups is 2. The molecule has 5 nitrogen and oxygen atoms in total. The lowest BCUT2D eigenvalue weighted by Crippen LogP contribution is -2.36. The van der Waals surface area contributed by atoms with Gasteiger partial charge in [-0.2, -0.15) is 13.2 Å². The van der Waals surface area contributed by atoms with Gasteiger partial charge in [0.1, 0.15) is 0 Å². The minimum Gasteiger partial charge on any atom is -0.481 e. The van der Waals surface area contributed by atoms with Crippen LogP contribution in [-0.4, -0.2) is 41.4 Å². The summed E-state index contributed by atoms with van der Waals surface area (Å²) >= 11 is 0. The van der Waals surface area contributed by atoms with Crippen LogP contribution in [0.1, 0.15) is 26.2 Å². The first-order chi connectivity index (χ1) is 8.70. The first-order valence-corrected chi connectivity index (χ1v) is 5.93. The quantitative estimate of drug-likeness (QED) is 0.735. The molecule has 8 heteroatoms. The molecule has 0 aromatic carbocycles. The molecule has 0 radical (unpaired) electrons. The minimum absolute atomic E-state index is 0.141. The van der Waals surface area contributed by atoms with Crippen LogP contribution in [0.4, 0.5) is 13.2 Å². The topological polar surface area (TPSA) is 86.6 Å². The monoisotopic (exact) mass is 285 g/mol. The Balaban J connectivity index is 0.000000399. The summed E-state index contributed by atoms with van der Waals surface area (Å²) in [5, 5.41) is 19.3. The van der Waals surface area contributed by atoms with E-state index in [-0.39, 0.29) is 5.92 Å². The summed E-state index contributed by atoms with van der Waals surface area (Å²) in [5.41, 5.74) is 0. The number of nitrogens with one attached hydrogen (secondary N) is 1. The Hall–Kier alpha value is -1.31. The van der Waals surface area contributed by atoms with Gasteiger partial charge < -0.3 is 15.5 Å². The largest absolute Gasteiger partial charge is 0.490 e. The average Bonchev–Trinajstić information content (AvgIpc) is 2.30. The maximum Gasteiger partial charge on any atom is 0.490 e. The zero-order valence-electron chi connectivity index (χ0n) is 10.5. The van der Waals surface area contributed by atoms with Gasteiger partial charge in [-0.3, -0.25) is 4.79 Å². The van der Waals surface area contributed by atoms with Gasteiger partial charge in [-0.05, 0) is 38.3 Å². The van der Waals surface area contributed by atoms with Crippen LogP contribution in [0.25, 0.3) is 0 Å². The van der Waals surface area contributed by atoms with Crippen LogP contribution in [-0.2, 0) is 9.59 Å². The number of rotatable bonds is 3. The highest BCUT2D eigenvalue weighted by Gasteiger charge is 2.38. The molecule has 1 aliphatic rings. The molecule has 112 valence electrons. The van der Waals surface area contributed by atoms with Crippen molar-refractivity contribution in [2.75, 3.05) is 13.1 Å². The first kappa shape index (κ1) is 17.7. The van der Waals surface area contributed by atoms with E-state index in [1.54, 1.807) is 0 Å². The zero-order valence-corrected chi connectivity index (χ0v) is 10.5. The maximum absolute atomic E-state index is 10.8. The van der Waals surface area contributed by atoms with Gasteiger partial charge in [0.2, 0.25) is 0 Å². The molecule has 0 aliphatic carbocycles. The van der Waals surface area contributed by atoms with E-state index in [1.807, 2.05) is 6.92 Å². The third-order valence-corrected chi connectivity index (χ3v) is 2.90. The Labute approximate surface area is 108 Å². The third-order valence-electron chi connectivity index (χ3n) is 2.90. The summed E-state index contributed by atoms with van der Waals surface area (Å²) in [4.78, 5) is 19.7. The molecular weight excluding hydrogens is 267 g/mol. The molecule has 0 aromatic heterocycles. The molecule has 1 heterocycles. The predicted molar refractivity (Wildman–Crippen MR) is 60.7 cm³/mol. The Kier molecular flexibility index (Phi) is 7.43. The fraction of sp³-hybridized carbons (Fsp3) is 0.818. The molecule has 1 saturated heterocycles. The van der Waals surface area contributed by atoms with E-state index in [4.69, 9.17) is 15.0 Å². The number of halogens is 3. The lowest BCUT2D eigenvalue weighted by Gasteiger charge is -2.27. The minimum atomic E-state index is -5.08. The highest BCUT2D eigenvalue weighted by Crippen LogP contribution is 2.22. The van der Waals surface area contributed by atoms with Gasteiger partial charge in [0.15, 0.2) is 0 Å².